The SMILES string of the molecule is CC1(c2nc(C=O)n[nH]2)CCCSC1. The Kier molecular flexibility index (Phi) is 2.58. The molecule has 1 aromatic rings. The maximum Gasteiger partial charge on any atom is 0.214 e. The topological polar surface area (TPSA) is 58.6 Å². The lowest BCUT2D eigenvalue weighted by molar-refractivity contribution is 0.111. The number of rotatable bonds is 2. The van der Waals surface area contributed by atoms with Crippen LogP contribution in [0.4, 0.5) is 0 Å². The number of hydrogen-bond donors (Lipinski definition) is 1. The Bertz CT molecular complexity index is 331. The number of carbonyl (C=O) groups excluding carboxylic acids is 1. The van der Waals surface area contributed by atoms with E-state index in [1.807, 2.05) is 11.8 Å². The van der Waals surface area contributed by atoms with Gasteiger partial charge in [0.05, 0.1) is 0 Å². The van der Waals surface area contributed by atoms with Crippen LogP contribution in [0, 0.1) is 0 Å². The Labute approximate surface area is 86.9 Å². The standard InChI is InChI=1S/C9H13N3OS/c1-9(3-2-4-14-6-9)8-10-7(5-13)11-12-8/h5H,2-4,6H2,1H3,(H,10,11,12). The zero-order valence-corrected chi connectivity index (χ0v) is 8.93. The number of aromatic nitrogens is 3. The fourth-order valence-electron chi connectivity index (χ4n) is 1.72. The van der Waals surface area contributed by atoms with Crippen molar-refractivity contribution in [2.24, 2.45) is 0 Å². The molecule has 0 saturated carbocycles. The van der Waals surface area contributed by atoms with Gasteiger partial charge in [-0.1, -0.05) is 6.92 Å². The van der Waals surface area contributed by atoms with Gasteiger partial charge in [-0.3, -0.25) is 9.89 Å². The van der Waals surface area contributed by atoms with Crippen molar-refractivity contribution in [3.05, 3.63) is 11.6 Å². The molecule has 1 aromatic heterocycles. The van der Waals surface area contributed by atoms with Crippen molar-refractivity contribution in [3.8, 4) is 0 Å². The molecule has 0 aromatic carbocycles. The first-order valence-corrected chi connectivity index (χ1v) is 5.86. The summed E-state index contributed by atoms with van der Waals surface area (Å²) in [6, 6.07) is 0. The maximum absolute atomic E-state index is 10.5. The molecule has 14 heavy (non-hydrogen) atoms. The van der Waals surface area contributed by atoms with Crippen LogP contribution in [0.25, 0.3) is 0 Å². The average Bonchev–Trinajstić information content (AvgIpc) is 2.67. The van der Waals surface area contributed by atoms with E-state index in [4.69, 9.17) is 0 Å². The molecule has 2 heterocycles. The summed E-state index contributed by atoms with van der Waals surface area (Å²) in [5.74, 6) is 3.40. The molecular weight excluding hydrogens is 198 g/mol. The second-order valence-corrected chi connectivity index (χ2v) is 4.98. The van der Waals surface area contributed by atoms with Gasteiger partial charge in [-0.25, -0.2) is 4.98 Å². The summed E-state index contributed by atoms with van der Waals surface area (Å²) in [5, 5.41) is 6.70. The lowest BCUT2D eigenvalue weighted by atomic mass is 9.86. The highest BCUT2D eigenvalue weighted by molar-refractivity contribution is 7.99. The van der Waals surface area contributed by atoms with Crippen molar-refractivity contribution in [2.45, 2.75) is 25.2 Å². The average molecular weight is 211 g/mol. The van der Waals surface area contributed by atoms with Crippen LogP contribution in [-0.4, -0.2) is 33.0 Å². The fraction of sp³-hybridized carbons (Fsp3) is 0.667. The van der Waals surface area contributed by atoms with Gasteiger partial charge in [0.2, 0.25) is 5.82 Å². The van der Waals surface area contributed by atoms with E-state index in [2.05, 4.69) is 22.1 Å². The molecule has 1 N–H and O–H groups in total. The Hall–Kier alpha value is -0.840. The van der Waals surface area contributed by atoms with Crippen molar-refractivity contribution in [1.29, 1.82) is 0 Å². The van der Waals surface area contributed by atoms with E-state index in [1.165, 1.54) is 12.2 Å². The predicted octanol–water partition coefficient (Wildman–Crippen LogP) is 1.40. The second-order valence-electron chi connectivity index (χ2n) is 3.88. The van der Waals surface area contributed by atoms with Crippen LogP contribution in [0.5, 0.6) is 0 Å². The van der Waals surface area contributed by atoms with Crippen LogP contribution < -0.4 is 0 Å². The monoisotopic (exact) mass is 211 g/mol. The summed E-state index contributed by atoms with van der Waals surface area (Å²) in [4.78, 5) is 14.6. The summed E-state index contributed by atoms with van der Waals surface area (Å²) in [6.45, 7) is 2.17. The minimum atomic E-state index is 0.0666. The van der Waals surface area contributed by atoms with Crippen molar-refractivity contribution >= 4 is 18.0 Å². The van der Waals surface area contributed by atoms with Gasteiger partial charge < -0.3 is 0 Å². The van der Waals surface area contributed by atoms with E-state index < -0.39 is 0 Å². The molecule has 76 valence electrons. The smallest absolute Gasteiger partial charge is 0.214 e. The molecule has 0 aliphatic carbocycles. The minimum absolute atomic E-state index is 0.0666. The Balaban J connectivity index is 2.23. The predicted molar refractivity (Wildman–Crippen MR) is 55.7 cm³/mol. The highest BCUT2D eigenvalue weighted by Crippen LogP contribution is 2.35. The molecule has 4 nitrogen and oxygen atoms in total. The lowest BCUT2D eigenvalue weighted by Crippen LogP contribution is -2.30. The largest absolute Gasteiger partial charge is 0.294 e. The first-order valence-electron chi connectivity index (χ1n) is 4.70. The summed E-state index contributed by atoms with van der Waals surface area (Å²) in [5.41, 5.74) is 0.0666. The fourth-order valence-corrected chi connectivity index (χ4v) is 2.94. The second kappa shape index (κ2) is 3.73. The molecule has 1 fully saturated rings. The third-order valence-electron chi connectivity index (χ3n) is 2.62. The molecule has 1 atom stereocenters. The lowest BCUT2D eigenvalue weighted by Gasteiger charge is -2.30. The molecule has 2 rings (SSSR count). The van der Waals surface area contributed by atoms with E-state index >= 15 is 0 Å². The Morgan fingerprint density at radius 3 is 3.07 bits per heavy atom. The van der Waals surface area contributed by atoms with E-state index in [9.17, 15) is 4.79 Å². The number of carbonyl (C=O) groups is 1. The molecule has 0 spiro atoms. The van der Waals surface area contributed by atoms with E-state index in [-0.39, 0.29) is 11.2 Å². The minimum Gasteiger partial charge on any atom is -0.294 e. The molecule has 1 aliphatic heterocycles. The molecule has 1 aliphatic rings. The molecule has 0 bridgehead atoms. The number of nitrogens with one attached hydrogen (secondary N) is 1. The quantitative estimate of drug-likeness (QED) is 0.751. The van der Waals surface area contributed by atoms with Crippen molar-refractivity contribution < 1.29 is 4.79 Å². The molecule has 5 heteroatoms. The van der Waals surface area contributed by atoms with Crippen LogP contribution in [-0.2, 0) is 5.41 Å². The van der Waals surface area contributed by atoms with Gasteiger partial charge in [0.25, 0.3) is 0 Å². The van der Waals surface area contributed by atoms with E-state index in [1.54, 1.807) is 0 Å². The Morgan fingerprint density at radius 2 is 2.50 bits per heavy atom. The van der Waals surface area contributed by atoms with Crippen molar-refractivity contribution in [2.75, 3.05) is 11.5 Å². The first kappa shape index (κ1) is 9.71. The number of hydrogen-bond acceptors (Lipinski definition) is 4. The summed E-state index contributed by atoms with van der Waals surface area (Å²) in [7, 11) is 0. The number of aldehydes is 1. The van der Waals surface area contributed by atoms with E-state index in [0.717, 1.165) is 18.0 Å². The highest BCUT2D eigenvalue weighted by Gasteiger charge is 2.32. The van der Waals surface area contributed by atoms with Gasteiger partial charge in [-0.05, 0) is 18.6 Å². The summed E-state index contributed by atoms with van der Waals surface area (Å²) < 4.78 is 0. The van der Waals surface area contributed by atoms with Crippen molar-refractivity contribution in [3.63, 3.8) is 0 Å². The van der Waals surface area contributed by atoms with Crippen LogP contribution in [0.3, 0.4) is 0 Å². The molecule has 0 radical (unpaired) electrons. The Morgan fingerprint density at radius 1 is 1.64 bits per heavy atom. The van der Waals surface area contributed by atoms with Crippen LogP contribution in [0.2, 0.25) is 0 Å². The third-order valence-corrected chi connectivity index (χ3v) is 4.04. The molecular formula is C9H13N3OS. The van der Waals surface area contributed by atoms with Crippen LogP contribution >= 0.6 is 11.8 Å². The van der Waals surface area contributed by atoms with Gasteiger partial charge in [0, 0.05) is 11.2 Å². The number of thioether (sulfide) groups is 1. The normalized spacial score (nSPS) is 27.5. The number of aromatic amines is 1. The summed E-state index contributed by atoms with van der Waals surface area (Å²) in [6.07, 6.45) is 3.01. The zero-order chi connectivity index (χ0) is 10.0. The molecule has 1 unspecified atom stereocenters. The maximum atomic E-state index is 10.5. The van der Waals surface area contributed by atoms with E-state index in [0.29, 0.717) is 6.29 Å². The van der Waals surface area contributed by atoms with Gasteiger partial charge in [-0.2, -0.15) is 16.9 Å². The van der Waals surface area contributed by atoms with Gasteiger partial charge in [0.1, 0.15) is 5.82 Å². The number of nitrogens with zero attached hydrogens (tertiary/aromatic N) is 2. The zero-order valence-electron chi connectivity index (χ0n) is 8.12. The third kappa shape index (κ3) is 1.68. The molecule has 1 saturated heterocycles. The van der Waals surface area contributed by atoms with Gasteiger partial charge >= 0.3 is 0 Å². The van der Waals surface area contributed by atoms with Crippen molar-refractivity contribution in [1.82, 2.24) is 15.2 Å². The highest BCUT2D eigenvalue weighted by atomic mass is 32.2. The van der Waals surface area contributed by atoms with Gasteiger partial charge in [-0.15, -0.1) is 0 Å². The summed E-state index contributed by atoms with van der Waals surface area (Å²) >= 11 is 1.94. The van der Waals surface area contributed by atoms with Crippen LogP contribution in [0.15, 0.2) is 0 Å². The van der Waals surface area contributed by atoms with Gasteiger partial charge in [0.15, 0.2) is 6.29 Å². The first-order chi connectivity index (χ1) is 6.74. The van der Waals surface area contributed by atoms with Crippen LogP contribution in [0.1, 0.15) is 36.2 Å². The molecule has 0 amide bonds. The number of H-pyrrole nitrogens is 1.